The molecule has 0 saturated carbocycles. The number of anilines is 1. The monoisotopic (exact) mass is 236 g/mol. The van der Waals surface area contributed by atoms with Gasteiger partial charge in [0.1, 0.15) is 4.90 Å². The van der Waals surface area contributed by atoms with Crippen LogP contribution >= 0.6 is 10.7 Å². The Bertz CT molecular complexity index is 485. The summed E-state index contributed by atoms with van der Waals surface area (Å²) in [5.41, 5.74) is 4.79. The van der Waals surface area contributed by atoms with Crippen molar-refractivity contribution in [1.82, 2.24) is 0 Å². The van der Waals surface area contributed by atoms with Gasteiger partial charge in [-0.2, -0.15) is 0 Å². The quantitative estimate of drug-likeness (QED) is 0.358. The lowest BCUT2D eigenvalue weighted by Gasteiger charge is -2.00. The van der Waals surface area contributed by atoms with Gasteiger partial charge >= 0.3 is 0 Å². The summed E-state index contributed by atoms with van der Waals surface area (Å²) < 4.78 is 21.8. The Hall–Kier alpha value is -1.34. The van der Waals surface area contributed by atoms with Crippen LogP contribution in [0.1, 0.15) is 0 Å². The van der Waals surface area contributed by atoms with Crippen LogP contribution in [0.5, 0.6) is 0 Å². The first-order valence-electron chi connectivity index (χ1n) is 3.31. The van der Waals surface area contributed by atoms with Gasteiger partial charge in [-0.1, -0.05) is 0 Å². The van der Waals surface area contributed by atoms with Gasteiger partial charge in [0.25, 0.3) is 14.7 Å². The average molecular weight is 237 g/mol. The first kappa shape index (κ1) is 10.7. The molecule has 0 heterocycles. The van der Waals surface area contributed by atoms with Crippen molar-refractivity contribution >= 4 is 31.1 Å². The zero-order valence-corrected chi connectivity index (χ0v) is 8.25. The van der Waals surface area contributed by atoms with Gasteiger partial charge in [-0.15, -0.1) is 0 Å². The molecule has 6 nitrogen and oxygen atoms in total. The van der Waals surface area contributed by atoms with Gasteiger partial charge in [-0.25, -0.2) is 8.42 Å². The van der Waals surface area contributed by atoms with Crippen molar-refractivity contribution in [2.45, 2.75) is 4.90 Å². The van der Waals surface area contributed by atoms with E-state index in [4.69, 9.17) is 16.4 Å². The summed E-state index contributed by atoms with van der Waals surface area (Å²) in [5.74, 6) is 0. The summed E-state index contributed by atoms with van der Waals surface area (Å²) >= 11 is 0. The minimum absolute atomic E-state index is 0.120. The molecule has 8 heteroatoms. The number of hydrogen-bond donors (Lipinski definition) is 1. The highest BCUT2D eigenvalue weighted by Crippen LogP contribution is 2.26. The van der Waals surface area contributed by atoms with Crippen molar-refractivity contribution in [3.8, 4) is 0 Å². The van der Waals surface area contributed by atoms with Crippen LogP contribution in [0.15, 0.2) is 23.1 Å². The number of nitrogen functional groups attached to an aromatic ring is 1. The predicted octanol–water partition coefficient (Wildman–Crippen LogP) is 1.10. The number of nitrogens with two attached hydrogens (primary N) is 1. The highest BCUT2D eigenvalue weighted by atomic mass is 35.7. The summed E-state index contributed by atoms with van der Waals surface area (Å²) in [4.78, 5) is 9.14. The summed E-state index contributed by atoms with van der Waals surface area (Å²) in [6.07, 6.45) is 0. The van der Waals surface area contributed by atoms with Crippen molar-refractivity contribution in [1.29, 1.82) is 0 Å². The molecule has 1 rings (SSSR count). The maximum Gasteiger partial charge on any atom is 0.270 e. The van der Waals surface area contributed by atoms with Gasteiger partial charge in [0.15, 0.2) is 0 Å². The van der Waals surface area contributed by atoms with E-state index >= 15 is 0 Å². The molecule has 0 radical (unpaired) electrons. The lowest BCUT2D eigenvalue weighted by Crippen LogP contribution is -1.99. The third-order valence-corrected chi connectivity index (χ3v) is 2.85. The predicted molar refractivity (Wildman–Crippen MR) is 50.5 cm³/mol. The zero-order chi connectivity index (χ0) is 10.9. The SMILES string of the molecule is Nc1ccc([N+](=O)[O-])cc1S(=O)(=O)Cl. The molecule has 0 aliphatic rings. The van der Waals surface area contributed by atoms with E-state index in [0.717, 1.165) is 18.2 Å². The molecule has 1 aromatic rings. The fourth-order valence-corrected chi connectivity index (χ4v) is 1.86. The molecule has 0 fully saturated rings. The molecule has 0 unspecified atom stereocenters. The molecular weight excluding hydrogens is 232 g/mol. The average Bonchev–Trinajstić information content (AvgIpc) is 2.02. The number of nitrogens with zero attached hydrogens (tertiary/aromatic N) is 1. The standard InChI is InChI=1S/C6H5ClN2O4S/c7-14(12,13)6-3-4(9(10)11)1-2-5(6)8/h1-3H,8H2. The molecule has 0 aliphatic heterocycles. The first-order valence-corrected chi connectivity index (χ1v) is 5.62. The van der Waals surface area contributed by atoms with E-state index in [1.54, 1.807) is 0 Å². The van der Waals surface area contributed by atoms with Crippen LogP contribution in [0.4, 0.5) is 11.4 Å². The molecule has 0 amide bonds. The van der Waals surface area contributed by atoms with Crippen LogP contribution in [0.25, 0.3) is 0 Å². The summed E-state index contributed by atoms with van der Waals surface area (Å²) in [6.45, 7) is 0. The Morgan fingerprint density at radius 1 is 1.43 bits per heavy atom. The molecule has 76 valence electrons. The van der Waals surface area contributed by atoms with Crippen LogP contribution in [-0.2, 0) is 9.05 Å². The lowest BCUT2D eigenvalue weighted by molar-refractivity contribution is -0.385. The van der Waals surface area contributed by atoms with E-state index < -0.39 is 18.9 Å². The molecule has 0 spiro atoms. The van der Waals surface area contributed by atoms with Crippen molar-refractivity contribution in [2.75, 3.05) is 5.73 Å². The molecule has 1 aromatic carbocycles. The molecule has 0 aliphatic carbocycles. The summed E-state index contributed by atoms with van der Waals surface area (Å²) in [5, 5.41) is 10.3. The molecule has 0 saturated heterocycles. The third kappa shape index (κ3) is 2.12. The van der Waals surface area contributed by atoms with Crippen LogP contribution in [0, 0.1) is 10.1 Å². The second-order valence-electron chi connectivity index (χ2n) is 2.42. The van der Waals surface area contributed by atoms with E-state index in [2.05, 4.69) is 0 Å². The van der Waals surface area contributed by atoms with E-state index in [1.807, 2.05) is 0 Å². The van der Waals surface area contributed by atoms with Crippen molar-refractivity contribution in [3.63, 3.8) is 0 Å². The van der Waals surface area contributed by atoms with E-state index in [1.165, 1.54) is 0 Å². The smallest absolute Gasteiger partial charge is 0.270 e. The van der Waals surface area contributed by atoms with E-state index in [9.17, 15) is 18.5 Å². The van der Waals surface area contributed by atoms with Gasteiger partial charge in [0.2, 0.25) is 0 Å². The Labute approximate surface area is 83.9 Å². The Balaban J connectivity index is 3.44. The number of hydrogen-bond acceptors (Lipinski definition) is 5. The number of rotatable bonds is 2. The maximum absolute atomic E-state index is 10.9. The van der Waals surface area contributed by atoms with Crippen LogP contribution in [-0.4, -0.2) is 13.3 Å². The molecule has 0 bridgehead atoms. The number of benzene rings is 1. The Morgan fingerprint density at radius 2 is 2.00 bits per heavy atom. The summed E-state index contributed by atoms with van der Waals surface area (Å²) in [7, 11) is 0.963. The topological polar surface area (TPSA) is 103 Å². The number of nitro benzene ring substituents is 1. The highest BCUT2D eigenvalue weighted by Gasteiger charge is 2.18. The third-order valence-electron chi connectivity index (χ3n) is 1.47. The molecule has 14 heavy (non-hydrogen) atoms. The number of nitro groups is 1. The van der Waals surface area contributed by atoms with Crippen molar-refractivity contribution < 1.29 is 13.3 Å². The minimum Gasteiger partial charge on any atom is -0.398 e. The second-order valence-corrected chi connectivity index (χ2v) is 4.95. The van der Waals surface area contributed by atoms with Crippen molar-refractivity contribution in [3.05, 3.63) is 28.3 Å². The number of halogens is 1. The highest BCUT2D eigenvalue weighted by molar-refractivity contribution is 8.13. The largest absolute Gasteiger partial charge is 0.398 e. The van der Waals surface area contributed by atoms with Crippen LogP contribution < -0.4 is 5.73 Å². The normalized spacial score (nSPS) is 11.2. The second kappa shape index (κ2) is 3.43. The van der Waals surface area contributed by atoms with Crippen molar-refractivity contribution in [2.24, 2.45) is 0 Å². The zero-order valence-electron chi connectivity index (χ0n) is 6.68. The molecular formula is C6H5ClN2O4S. The van der Waals surface area contributed by atoms with Gasteiger partial charge in [0.05, 0.1) is 10.6 Å². The van der Waals surface area contributed by atoms with E-state index in [0.29, 0.717) is 0 Å². The van der Waals surface area contributed by atoms with Gasteiger partial charge in [-0.3, -0.25) is 10.1 Å². The Morgan fingerprint density at radius 3 is 2.43 bits per heavy atom. The Kier molecular flexibility index (Phi) is 2.63. The maximum atomic E-state index is 10.9. The van der Waals surface area contributed by atoms with Gasteiger partial charge in [0, 0.05) is 22.8 Å². The lowest BCUT2D eigenvalue weighted by atomic mass is 10.3. The number of non-ortho nitro benzene ring substituents is 1. The molecule has 2 N–H and O–H groups in total. The van der Waals surface area contributed by atoms with Gasteiger partial charge < -0.3 is 5.73 Å². The molecule has 0 atom stereocenters. The fraction of sp³-hybridized carbons (Fsp3) is 0. The molecule has 0 aromatic heterocycles. The fourth-order valence-electron chi connectivity index (χ4n) is 0.848. The first-order chi connectivity index (χ1) is 6.32. The van der Waals surface area contributed by atoms with E-state index in [-0.39, 0.29) is 11.4 Å². The van der Waals surface area contributed by atoms with Gasteiger partial charge in [-0.05, 0) is 6.07 Å². The summed E-state index contributed by atoms with van der Waals surface area (Å²) in [6, 6.07) is 3.03. The van der Waals surface area contributed by atoms with Crippen LogP contribution in [0.3, 0.4) is 0 Å². The minimum atomic E-state index is -4.05. The van der Waals surface area contributed by atoms with Crippen LogP contribution in [0.2, 0.25) is 0 Å².